The lowest BCUT2D eigenvalue weighted by Crippen LogP contribution is -2.16. The highest BCUT2D eigenvalue weighted by Gasteiger charge is 2.20. The van der Waals surface area contributed by atoms with Gasteiger partial charge in [0.2, 0.25) is 0 Å². The first kappa shape index (κ1) is 23.0. The summed E-state index contributed by atoms with van der Waals surface area (Å²) in [6, 6.07) is 20.7. The summed E-state index contributed by atoms with van der Waals surface area (Å²) < 4.78 is 10.9. The molecule has 0 saturated carbocycles. The van der Waals surface area contributed by atoms with Gasteiger partial charge in [-0.25, -0.2) is 4.79 Å². The minimum atomic E-state index is -0.876. The Morgan fingerprint density at radius 3 is 2.61 bits per heavy atom. The molecule has 3 aromatic carbocycles. The van der Waals surface area contributed by atoms with Crippen LogP contribution in [0.2, 0.25) is 0 Å². The maximum Gasteiger partial charge on any atom is 0.412 e. The van der Waals surface area contributed by atoms with Gasteiger partial charge in [-0.3, -0.25) is 15.1 Å². The number of aliphatic carboxylic acids is 1. The number of carbonyl (C=O) groups excluding carboxylic acids is 1. The Labute approximate surface area is 206 Å². The normalized spacial score (nSPS) is 11.9. The third-order valence-corrected chi connectivity index (χ3v) is 6.02. The lowest BCUT2D eigenvalue weighted by molar-refractivity contribution is -0.136. The van der Waals surface area contributed by atoms with E-state index in [4.69, 9.17) is 14.4 Å². The van der Waals surface area contributed by atoms with Crippen LogP contribution in [0.3, 0.4) is 0 Å². The Balaban J connectivity index is 1.42. The molecular weight excluding hydrogens is 458 g/mol. The van der Waals surface area contributed by atoms with Gasteiger partial charge in [0.25, 0.3) is 0 Å². The lowest BCUT2D eigenvalue weighted by Gasteiger charge is -2.14. The van der Waals surface area contributed by atoms with E-state index in [1.54, 1.807) is 20.0 Å². The largest absolute Gasteiger partial charge is 0.481 e. The summed E-state index contributed by atoms with van der Waals surface area (Å²) in [5.41, 5.74) is 3.96. The molecule has 5 rings (SSSR count). The quantitative estimate of drug-likeness (QED) is 0.274. The second-order valence-corrected chi connectivity index (χ2v) is 8.53. The van der Waals surface area contributed by atoms with E-state index >= 15 is 0 Å². The van der Waals surface area contributed by atoms with Crippen LogP contribution in [0.4, 0.5) is 10.5 Å². The maximum atomic E-state index is 12.6. The first-order valence-corrected chi connectivity index (χ1v) is 11.4. The number of hydrogen-bond donors (Lipinski definition) is 2. The van der Waals surface area contributed by atoms with Crippen molar-refractivity contribution in [1.29, 1.82) is 0 Å². The molecule has 0 aliphatic heterocycles. The highest BCUT2D eigenvalue weighted by atomic mass is 16.6. The summed E-state index contributed by atoms with van der Waals surface area (Å²) in [6.45, 7) is 3.52. The average Bonchev–Trinajstić information content (AvgIpc) is 3.23. The highest BCUT2D eigenvalue weighted by molar-refractivity contribution is 6.07. The molecule has 8 heteroatoms. The Morgan fingerprint density at radius 2 is 1.83 bits per heavy atom. The van der Waals surface area contributed by atoms with Gasteiger partial charge in [-0.1, -0.05) is 59.8 Å². The molecule has 0 radical (unpaired) electrons. The summed E-state index contributed by atoms with van der Waals surface area (Å²) in [4.78, 5) is 28.2. The van der Waals surface area contributed by atoms with Crippen LogP contribution in [0, 0.1) is 6.92 Å². The molecule has 36 heavy (non-hydrogen) atoms. The van der Waals surface area contributed by atoms with Crippen molar-refractivity contribution in [2.75, 3.05) is 5.32 Å². The van der Waals surface area contributed by atoms with Crippen LogP contribution in [-0.4, -0.2) is 27.3 Å². The van der Waals surface area contributed by atoms with Gasteiger partial charge in [0, 0.05) is 22.5 Å². The summed E-state index contributed by atoms with van der Waals surface area (Å²) in [7, 11) is 0. The van der Waals surface area contributed by atoms with E-state index < -0.39 is 18.2 Å². The lowest BCUT2D eigenvalue weighted by atomic mass is 10.0. The summed E-state index contributed by atoms with van der Waals surface area (Å²) in [5, 5.41) is 18.7. The van der Waals surface area contributed by atoms with E-state index in [1.807, 2.05) is 66.7 Å². The number of pyridine rings is 1. The van der Waals surface area contributed by atoms with Gasteiger partial charge < -0.3 is 14.4 Å². The number of aryl methyl sites for hydroxylation is 1. The number of rotatable bonds is 6. The number of nitrogens with one attached hydrogen (secondary N) is 1. The number of amides is 1. The first-order chi connectivity index (χ1) is 17.4. The second-order valence-electron chi connectivity index (χ2n) is 8.53. The zero-order valence-electron chi connectivity index (χ0n) is 19.7. The van der Waals surface area contributed by atoms with E-state index in [9.17, 15) is 9.59 Å². The predicted octanol–water partition coefficient (Wildman–Crippen LogP) is 6.29. The smallest absolute Gasteiger partial charge is 0.412 e. The Bertz CT molecular complexity index is 1590. The molecule has 0 saturated heterocycles. The molecule has 1 atom stereocenters. The molecule has 2 aromatic heterocycles. The highest BCUT2D eigenvalue weighted by Crippen LogP contribution is 2.34. The molecule has 5 aromatic rings. The van der Waals surface area contributed by atoms with Crippen LogP contribution in [0.15, 0.2) is 77.4 Å². The topological polar surface area (TPSA) is 115 Å². The maximum absolute atomic E-state index is 12.6. The number of anilines is 1. The first-order valence-electron chi connectivity index (χ1n) is 11.4. The number of nitrogens with zero attached hydrogens (tertiary/aromatic N) is 2. The molecule has 0 aliphatic carbocycles. The monoisotopic (exact) mass is 481 g/mol. The molecule has 0 bridgehead atoms. The van der Waals surface area contributed by atoms with Crippen LogP contribution >= 0.6 is 0 Å². The number of aromatic nitrogens is 2. The molecule has 0 aliphatic rings. The van der Waals surface area contributed by atoms with Crippen molar-refractivity contribution in [3.63, 3.8) is 0 Å². The SMILES string of the molecule is Cc1onc(-c2ccc3c(c2)ncc2cc(CC(=O)O)ccc23)c1NC(=O)OC(C)c1ccccc1. The zero-order chi connectivity index (χ0) is 25.2. The van der Waals surface area contributed by atoms with Crippen molar-refractivity contribution in [3.05, 3.63) is 89.8 Å². The fourth-order valence-electron chi connectivity index (χ4n) is 4.20. The molecule has 2 N–H and O–H groups in total. The van der Waals surface area contributed by atoms with Gasteiger partial charge in [0.1, 0.15) is 17.5 Å². The van der Waals surface area contributed by atoms with Gasteiger partial charge in [0.15, 0.2) is 5.76 Å². The van der Waals surface area contributed by atoms with Gasteiger partial charge in [0.05, 0.1) is 11.9 Å². The van der Waals surface area contributed by atoms with Gasteiger partial charge in [-0.15, -0.1) is 0 Å². The number of fused-ring (bicyclic) bond motifs is 3. The van der Waals surface area contributed by atoms with Crippen LogP contribution in [0.1, 0.15) is 29.9 Å². The van der Waals surface area contributed by atoms with Gasteiger partial charge in [-0.2, -0.15) is 0 Å². The molecular formula is C28H23N3O5. The number of ether oxygens (including phenoxy) is 1. The van der Waals surface area contributed by atoms with Crippen LogP contribution in [0.25, 0.3) is 32.9 Å². The van der Waals surface area contributed by atoms with E-state index in [1.165, 1.54) is 0 Å². The van der Waals surface area contributed by atoms with E-state index in [0.717, 1.165) is 38.4 Å². The zero-order valence-corrected chi connectivity index (χ0v) is 19.7. The van der Waals surface area contributed by atoms with Crippen molar-refractivity contribution in [3.8, 4) is 11.3 Å². The third kappa shape index (κ3) is 4.61. The molecule has 0 spiro atoms. The number of carboxylic acid groups (broad SMARTS) is 1. The minimum Gasteiger partial charge on any atom is -0.481 e. The third-order valence-electron chi connectivity index (χ3n) is 6.02. The molecule has 0 fully saturated rings. The standard InChI is InChI=1S/C28H23N3O5/c1-16(19-6-4-3-5-7-19)35-28(34)30-26-17(2)36-31-27(26)20-9-11-23-22-10-8-18(13-25(32)33)12-21(22)15-29-24(23)14-20/h3-12,14-16H,13H2,1-2H3,(H,30,34)(H,32,33). The summed E-state index contributed by atoms with van der Waals surface area (Å²) in [6.07, 6.45) is 0.647. The molecule has 1 unspecified atom stereocenters. The van der Waals surface area contributed by atoms with E-state index in [0.29, 0.717) is 17.1 Å². The number of hydrogen-bond acceptors (Lipinski definition) is 6. The fourth-order valence-corrected chi connectivity index (χ4v) is 4.20. The van der Waals surface area contributed by atoms with Crippen molar-refractivity contribution < 1.29 is 24.0 Å². The Morgan fingerprint density at radius 1 is 1.06 bits per heavy atom. The van der Waals surface area contributed by atoms with Crippen LogP contribution < -0.4 is 5.32 Å². The molecule has 2 heterocycles. The van der Waals surface area contributed by atoms with Crippen LogP contribution in [0.5, 0.6) is 0 Å². The molecule has 1 amide bonds. The Kier molecular flexibility index (Phi) is 6.08. The number of carboxylic acids is 1. The number of carbonyl (C=O) groups is 2. The molecule has 8 nitrogen and oxygen atoms in total. The average molecular weight is 482 g/mol. The predicted molar refractivity (Wildman–Crippen MR) is 136 cm³/mol. The molecule has 180 valence electrons. The van der Waals surface area contributed by atoms with Crippen molar-refractivity contribution in [2.45, 2.75) is 26.4 Å². The van der Waals surface area contributed by atoms with Crippen molar-refractivity contribution >= 4 is 39.4 Å². The van der Waals surface area contributed by atoms with Crippen molar-refractivity contribution in [2.24, 2.45) is 0 Å². The second kappa shape index (κ2) is 9.50. The van der Waals surface area contributed by atoms with Gasteiger partial charge >= 0.3 is 12.1 Å². The number of benzene rings is 3. The fraction of sp³-hybridized carbons (Fsp3) is 0.143. The van der Waals surface area contributed by atoms with E-state index in [2.05, 4.69) is 15.5 Å². The van der Waals surface area contributed by atoms with E-state index in [-0.39, 0.29) is 6.42 Å². The summed E-state index contributed by atoms with van der Waals surface area (Å²) >= 11 is 0. The Hall–Kier alpha value is -4.72. The minimum absolute atomic E-state index is 0.0409. The van der Waals surface area contributed by atoms with Crippen molar-refractivity contribution in [1.82, 2.24) is 10.1 Å². The summed E-state index contributed by atoms with van der Waals surface area (Å²) in [5.74, 6) is -0.426. The van der Waals surface area contributed by atoms with Gasteiger partial charge in [-0.05, 0) is 42.5 Å². The van der Waals surface area contributed by atoms with Crippen LogP contribution in [-0.2, 0) is 16.0 Å².